The van der Waals surface area contributed by atoms with Crippen LogP contribution in [0.5, 0.6) is 0 Å². The average Bonchev–Trinajstić information content (AvgIpc) is 3.11. The summed E-state index contributed by atoms with van der Waals surface area (Å²) in [7, 11) is 0. The summed E-state index contributed by atoms with van der Waals surface area (Å²) in [6.07, 6.45) is 7.92. The van der Waals surface area contributed by atoms with E-state index in [1.165, 1.54) is 35.7 Å². The van der Waals surface area contributed by atoms with Gasteiger partial charge in [0.15, 0.2) is 5.16 Å². The molecule has 0 bridgehead atoms. The fourth-order valence-electron chi connectivity index (χ4n) is 4.52. The van der Waals surface area contributed by atoms with Crippen molar-refractivity contribution >= 4 is 23.6 Å². The SMILES string of the molecule is Cc1ccc(-n2cnnc2SCC(=O)N2CCC(C(=O)N3CCCCCC3)CC2)cc1C. The Kier molecular flexibility index (Phi) is 7.50. The van der Waals surface area contributed by atoms with Crippen LogP contribution >= 0.6 is 11.8 Å². The van der Waals surface area contributed by atoms with Crippen molar-refractivity contribution in [1.82, 2.24) is 24.6 Å². The van der Waals surface area contributed by atoms with Crippen LogP contribution in [0.2, 0.25) is 0 Å². The highest BCUT2D eigenvalue weighted by Gasteiger charge is 2.30. The Hall–Kier alpha value is -2.35. The number of nitrogens with zero attached hydrogens (tertiary/aromatic N) is 5. The zero-order valence-electron chi connectivity index (χ0n) is 19.1. The van der Waals surface area contributed by atoms with Crippen molar-refractivity contribution in [3.05, 3.63) is 35.7 Å². The van der Waals surface area contributed by atoms with Gasteiger partial charge in [-0.25, -0.2) is 0 Å². The number of likely N-dealkylation sites (tertiary alicyclic amines) is 2. The molecule has 2 aromatic rings. The number of carbonyl (C=O) groups excluding carboxylic acids is 2. The molecule has 2 fully saturated rings. The van der Waals surface area contributed by atoms with Gasteiger partial charge < -0.3 is 9.80 Å². The molecule has 0 N–H and O–H groups in total. The highest BCUT2D eigenvalue weighted by atomic mass is 32.2. The molecule has 0 saturated carbocycles. The van der Waals surface area contributed by atoms with E-state index in [1.807, 2.05) is 15.5 Å². The quantitative estimate of drug-likeness (QED) is 0.644. The van der Waals surface area contributed by atoms with Gasteiger partial charge in [0.05, 0.1) is 5.75 Å². The molecular formula is C24H33N5O2S. The average molecular weight is 456 g/mol. The first kappa shape index (κ1) is 22.8. The fraction of sp³-hybridized carbons (Fsp3) is 0.583. The van der Waals surface area contributed by atoms with Crippen LogP contribution < -0.4 is 0 Å². The molecule has 7 nitrogen and oxygen atoms in total. The lowest BCUT2D eigenvalue weighted by Gasteiger charge is -2.34. The summed E-state index contributed by atoms with van der Waals surface area (Å²) in [5.74, 6) is 0.798. The van der Waals surface area contributed by atoms with Crippen LogP contribution in [0.3, 0.4) is 0 Å². The maximum atomic E-state index is 12.9. The summed E-state index contributed by atoms with van der Waals surface area (Å²) in [5, 5.41) is 8.97. The Bertz CT molecular complexity index is 944. The van der Waals surface area contributed by atoms with E-state index in [1.54, 1.807) is 6.33 Å². The number of piperidine rings is 1. The van der Waals surface area contributed by atoms with E-state index in [9.17, 15) is 9.59 Å². The minimum absolute atomic E-state index is 0.0673. The summed E-state index contributed by atoms with van der Waals surface area (Å²) >= 11 is 1.42. The smallest absolute Gasteiger partial charge is 0.233 e. The van der Waals surface area contributed by atoms with Gasteiger partial charge in [0.2, 0.25) is 11.8 Å². The third-order valence-corrected chi connectivity index (χ3v) is 7.65. The molecule has 0 atom stereocenters. The summed E-state index contributed by atoms with van der Waals surface area (Å²) < 4.78 is 1.93. The van der Waals surface area contributed by atoms with Crippen LogP contribution in [0.1, 0.15) is 49.7 Å². The maximum absolute atomic E-state index is 12.9. The second-order valence-corrected chi connectivity index (χ2v) is 9.88. The summed E-state index contributed by atoms with van der Waals surface area (Å²) in [6, 6.07) is 6.24. The molecule has 0 radical (unpaired) electrons. The van der Waals surface area contributed by atoms with Crippen molar-refractivity contribution in [3.8, 4) is 5.69 Å². The summed E-state index contributed by atoms with van der Waals surface area (Å²) in [4.78, 5) is 29.7. The third kappa shape index (κ3) is 5.34. The first-order chi connectivity index (χ1) is 15.5. The molecule has 4 rings (SSSR count). The monoisotopic (exact) mass is 455 g/mol. The number of hydrogen-bond donors (Lipinski definition) is 0. The molecule has 0 unspecified atom stereocenters. The zero-order chi connectivity index (χ0) is 22.5. The number of aryl methyl sites for hydroxylation is 2. The van der Waals surface area contributed by atoms with Gasteiger partial charge in [0.1, 0.15) is 6.33 Å². The van der Waals surface area contributed by atoms with Crippen LogP contribution in [0, 0.1) is 19.8 Å². The van der Waals surface area contributed by atoms with Crippen molar-refractivity contribution in [2.45, 2.75) is 57.5 Å². The zero-order valence-corrected chi connectivity index (χ0v) is 19.9. The van der Waals surface area contributed by atoms with E-state index in [2.05, 4.69) is 41.1 Å². The lowest BCUT2D eigenvalue weighted by Crippen LogP contribution is -2.45. The van der Waals surface area contributed by atoms with Crippen LogP contribution in [-0.2, 0) is 9.59 Å². The van der Waals surface area contributed by atoms with Gasteiger partial charge in [-0.2, -0.15) is 0 Å². The van der Waals surface area contributed by atoms with Crippen molar-refractivity contribution in [2.75, 3.05) is 31.9 Å². The fourth-order valence-corrected chi connectivity index (χ4v) is 5.35. The largest absolute Gasteiger partial charge is 0.342 e. The minimum atomic E-state index is 0.0673. The Morgan fingerprint density at radius 3 is 2.38 bits per heavy atom. The van der Waals surface area contributed by atoms with Crippen molar-refractivity contribution in [3.63, 3.8) is 0 Å². The highest BCUT2D eigenvalue weighted by molar-refractivity contribution is 7.99. The molecule has 2 amide bonds. The van der Waals surface area contributed by atoms with E-state index in [4.69, 9.17) is 0 Å². The van der Waals surface area contributed by atoms with Gasteiger partial charge in [-0.05, 0) is 62.8 Å². The summed E-state index contributed by atoms with van der Waals surface area (Å²) in [6.45, 7) is 7.29. The predicted octanol–water partition coefficient (Wildman–Crippen LogP) is 3.62. The Balaban J connectivity index is 1.28. The van der Waals surface area contributed by atoms with Crippen LogP contribution in [0.15, 0.2) is 29.7 Å². The lowest BCUT2D eigenvalue weighted by molar-refractivity contribution is -0.139. The van der Waals surface area contributed by atoms with E-state index < -0.39 is 0 Å². The second kappa shape index (κ2) is 10.5. The number of amides is 2. The van der Waals surface area contributed by atoms with Crippen LogP contribution in [0.25, 0.3) is 5.69 Å². The topological polar surface area (TPSA) is 71.3 Å². The molecule has 32 heavy (non-hydrogen) atoms. The Labute approximate surface area is 194 Å². The molecule has 3 heterocycles. The molecule has 2 saturated heterocycles. The molecular weight excluding hydrogens is 422 g/mol. The molecule has 2 aliphatic heterocycles. The molecule has 8 heteroatoms. The Morgan fingerprint density at radius 2 is 1.69 bits per heavy atom. The van der Waals surface area contributed by atoms with E-state index in [-0.39, 0.29) is 11.8 Å². The number of rotatable bonds is 5. The van der Waals surface area contributed by atoms with Crippen LogP contribution in [0.4, 0.5) is 0 Å². The van der Waals surface area contributed by atoms with Crippen molar-refractivity contribution in [2.24, 2.45) is 5.92 Å². The third-order valence-electron chi connectivity index (χ3n) is 6.72. The van der Waals surface area contributed by atoms with Gasteiger partial charge >= 0.3 is 0 Å². The summed E-state index contributed by atoms with van der Waals surface area (Å²) in [5.41, 5.74) is 3.45. The molecule has 0 spiro atoms. The van der Waals surface area contributed by atoms with Gasteiger partial charge in [0, 0.05) is 37.8 Å². The lowest BCUT2D eigenvalue weighted by atomic mass is 9.95. The number of benzene rings is 1. The van der Waals surface area contributed by atoms with E-state index in [0.717, 1.165) is 44.5 Å². The second-order valence-electron chi connectivity index (χ2n) is 8.94. The predicted molar refractivity (Wildman–Crippen MR) is 126 cm³/mol. The normalized spacial score (nSPS) is 17.9. The number of carbonyl (C=O) groups is 2. The van der Waals surface area contributed by atoms with Crippen molar-refractivity contribution in [1.29, 1.82) is 0 Å². The van der Waals surface area contributed by atoms with Crippen molar-refractivity contribution < 1.29 is 9.59 Å². The number of hydrogen-bond acceptors (Lipinski definition) is 5. The van der Waals surface area contributed by atoms with Crippen LogP contribution in [-0.4, -0.2) is 68.3 Å². The maximum Gasteiger partial charge on any atom is 0.233 e. The molecule has 1 aromatic heterocycles. The molecule has 0 aliphatic carbocycles. The molecule has 172 valence electrons. The standard InChI is InChI=1S/C24H33N5O2S/c1-18-7-8-21(15-19(18)2)29-17-25-26-24(29)32-16-22(30)27-13-9-20(10-14-27)23(31)28-11-5-3-4-6-12-28/h7-8,15,17,20H,3-6,9-14,16H2,1-2H3. The van der Waals surface area contributed by atoms with Gasteiger partial charge in [0.25, 0.3) is 0 Å². The molecule has 2 aliphatic rings. The first-order valence-electron chi connectivity index (χ1n) is 11.7. The van der Waals surface area contributed by atoms with Gasteiger partial charge in [-0.15, -0.1) is 10.2 Å². The Morgan fingerprint density at radius 1 is 0.969 bits per heavy atom. The van der Waals surface area contributed by atoms with Gasteiger partial charge in [-0.1, -0.05) is 30.7 Å². The van der Waals surface area contributed by atoms with Gasteiger partial charge in [-0.3, -0.25) is 14.2 Å². The molecule has 1 aromatic carbocycles. The van der Waals surface area contributed by atoms with E-state index >= 15 is 0 Å². The van der Waals surface area contributed by atoms with E-state index in [0.29, 0.717) is 29.9 Å². The number of thioether (sulfide) groups is 1. The first-order valence-corrected chi connectivity index (χ1v) is 12.7. The number of aromatic nitrogens is 3. The highest BCUT2D eigenvalue weighted by Crippen LogP contribution is 2.25. The minimum Gasteiger partial charge on any atom is -0.342 e.